The third-order valence-corrected chi connectivity index (χ3v) is 4.70. The summed E-state index contributed by atoms with van der Waals surface area (Å²) in [5.74, 6) is -1.06. The molecule has 1 fully saturated rings. The fraction of sp³-hybridized carbons (Fsp3) is 0.421. The Morgan fingerprint density at radius 1 is 1.31 bits per heavy atom. The van der Waals surface area contributed by atoms with Crippen molar-refractivity contribution in [2.45, 2.75) is 31.8 Å². The number of para-hydroxylation sites is 1. The first-order chi connectivity index (χ1) is 12.5. The number of hydrogen-bond donors (Lipinski definition) is 1. The molecule has 1 saturated heterocycles. The quantitative estimate of drug-likeness (QED) is 0.853. The van der Waals surface area contributed by atoms with Crippen LogP contribution in [-0.2, 0) is 16.1 Å². The minimum absolute atomic E-state index is 0.0946. The number of aliphatic carboxylic acids is 1. The van der Waals surface area contributed by atoms with Gasteiger partial charge in [0.15, 0.2) is 0 Å². The number of carboxylic acid groups (broad SMARTS) is 1. The SMILES string of the molecule is CN(Cc1cnn(-c2ccccc2)c1)C1CCCCN(CC(=O)O)C1=O. The molecule has 0 bridgehead atoms. The number of carbonyl (C=O) groups excluding carboxylic acids is 1. The van der Waals surface area contributed by atoms with Crippen LogP contribution in [-0.4, -0.2) is 62.7 Å². The second-order valence-electron chi connectivity index (χ2n) is 6.71. The standard InChI is InChI=1S/C19H24N4O3/c1-21(17-9-5-6-10-22(19(17)26)14-18(24)25)12-15-11-20-23(13-15)16-7-3-2-4-8-16/h2-4,7-8,11,13,17H,5-6,9-10,12,14H2,1H3,(H,24,25). The van der Waals surface area contributed by atoms with E-state index >= 15 is 0 Å². The van der Waals surface area contributed by atoms with Crippen molar-refractivity contribution in [3.8, 4) is 5.69 Å². The summed E-state index contributed by atoms with van der Waals surface area (Å²) in [7, 11) is 1.91. The molecule has 1 N–H and O–H groups in total. The van der Waals surface area contributed by atoms with E-state index in [1.165, 1.54) is 4.90 Å². The van der Waals surface area contributed by atoms with E-state index in [4.69, 9.17) is 5.11 Å². The number of carboxylic acids is 1. The average Bonchev–Trinajstić information content (AvgIpc) is 3.01. The molecule has 0 aliphatic carbocycles. The Morgan fingerprint density at radius 3 is 2.81 bits per heavy atom. The third-order valence-electron chi connectivity index (χ3n) is 4.70. The minimum Gasteiger partial charge on any atom is -0.480 e. The van der Waals surface area contributed by atoms with Crippen LogP contribution in [0.4, 0.5) is 0 Å². The maximum absolute atomic E-state index is 12.7. The van der Waals surface area contributed by atoms with E-state index in [9.17, 15) is 9.59 Å². The Morgan fingerprint density at radius 2 is 2.08 bits per heavy atom. The van der Waals surface area contributed by atoms with Crippen molar-refractivity contribution >= 4 is 11.9 Å². The van der Waals surface area contributed by atoms with Crippen LogP contribution in [0, 0.1) is 0 Å². The van der Waals surface area contributed by atoms with E-state index < -0.39 is 5.97 Å². The number of aromatic nitrogens is 2. The highest BCUT2D eigenvalue weighted by Gasteiger charge is 2.31. The second-order valence-corrected chi connectivity index (χ2v) is 6.71. The molecule has 1 atom stereocenters. The zero-order valence-electron chi connectivity index (χ0n) is 14.9. The van der Waals surface area contributed by atoms with Crippen molar-refractivity contribution in [2.24, 2.45) is 0 Å². The summed E-state index contributed by atoms with van der Waals surface area (Å²) in [6.07, 6.45) is 6.27. The smallest absolute Gasteiger partial charge is 0.323 e. The van der Waals surface area contributed by atoms with Gasteiger partial charge in [0.2, 0.25) is 5.91 Å². The Hall–Kier alpha value is -2.67. The van der Waals surface area contributed by atoms with Gasteiger partial charge < -0.3 is 10.0 Å². The van der Waals surface area contributed by atoms with Crippen LogP contribution in [0.1, 0.15) is 24.8 Å². The average molecular weight is 356 g/mol. The summed E-state index contributed by atoms with van der Waals surface area (Å²) >= 11 is 0. The van der Waals surface area contributed by atoms with Crippen LogP contribution >= 0.6 is 0 Å². The molecule has 2 heterocycles. The fourth-order valence-electron chi connectivity index (χ4n) is 3.38. The molecule has 1 aliphatic heterocycles. The van der Waals surface area contributed by atoms with Gasteiger partial charge in [0.05, 0.1) is 17.9 Å². The predicted octanol–water partition coefficient (Wildman–Crippen LogP) is 1.77. The highest BCUT2D eigenvalue weighted by atomic mass is 16.4. The molecule has 3 rings (SSSR count). The van der Waals surface area contributed by atoms with Crippen molar-refractivity contribution in [1.82, 2.24) is 19.6 Å². The van der Waals surface area contributed by atoms with Crippen LogP contribution in [0.15, 0.2) is 42.7 Å². The van der Waals surface area contributed by atoms with Crippen molar-refractivity contribution in [3.63, 3.8) is 0 Å². The van der Waals surface area contributed by atoms with Crippen LogP contribution < -0.4 is 0 Å². The highest BCUT2D eigenvalue weighted by Crippen LogP contribution is 2.18. The Labute approximate surface area is 152 Å². The van der Waals surface area contributed by atoms with Gasteiger partial charge in [-0.25, -0.2) is 4.68 Å². The van der Waals surface area contributed by atoms with Crippen molar-refractivity contribution < 1.29 is 14.7 Å². The van der Waals surface area contributed by atoms with Gasteiger partial charge in [-0.3, -0.25) is 14.5 Å². The molecule has 26 heavy (non-hydrogen) atoms. The molecule has 0 saturated carbocycles. The number of likely N-dealkylation sites (N-methyl/N-ethyl adjacent to an activating group) is 1. The van der Waals surface area contributed by atoms with E-state index in [-0.39, 0.29) is 18.5 Å². The summed E-state index contributed by atoms with van der Waals surface area (Å²) in [4.78, 5) is 27.2. The van der Waals surface area contributed by atoms with Gasteiger partial charge >= 0.3 is 5.97 Å². The molecule has 138 valence electrons. The van der Waals surface area contributed by atoms with Gasteiger partial charge in [-0.05, 0) is 38.4 Å². The van der Waals surface area contributed by atoms with E-state index in [1.54, 1.807) is 6.20 Å². The molecule has 1 unspecified atom stereocenters. The lowest BCUT2D eigenvalue weighted by molar-refractivity contribution is -0.146. The summed E-state index contributed by atoms with van der Waals surface area (Å²) in [6, 6.07) is 9.56. The highest BCUT2D eigenvalue weighted by molar-refractivity contribution is 5.85. The first-order valence-corrected chi connectivity index (χ1v) is 8.84. The molecule has 0 radical (unpaired) electrons. The van der Waals surface area contributed by atoms with Crippen LogP contribution in [0.3, 0.4) is 0 Å². The normalized spacial score (nSPS) is 18.2. The van der Waals surface area contributed by atoms with Crippen molar-refractivity contribution in [2.75, 3.05) is 20.1 Å². The van der Waals surface area contributed by atoms with Crippen LogP contribution in [0.2, 0.25) is 0 Å². The van der Waals surface area contributed by atoms with Gasteiger partial charge in [0, 0.05) is 24.8 Å². The third kappa shape index (κ3) is 4.29. The Kier molecular flexibility index (Phi) is 5.68. The molecule has 1 aliphatic rings. The molecule has 1 amide bonds. The predicted molar refractivity (Wildman–Crippen MR) is 96.9 cm³/mol. The van der Waals surface area contributed by atoms with Gasteiger partial charge in [-0.1, -0.05) is 18.2 Å². The zero-order valence-corrected chi connectivity index (χ0v) is 14.9. The van der Waals surface area contributed by atoms with E-state index in [0.717, 1.165) is 30.5 Å². The van der Waals surface area contributed by atoms with E-state index in [1.807, 2.05) is 53.2 Å². The van der Waals surface area contributed by atoms with Crippen molar-refractivity contribution in [1.29, 1.82) is 0 Å². The lowest BCUT2D eigenvalue weighted by atomic mass is 10.1. The molecule has 7 heteroatoms. The molecule has 1 aromatic heterocycles. The lowest BCUT2D eigenvalue weighted by Gasteiger charge is -2.29. The van der Waals surface area contributed by atoms with Gasteiger partial charge in [0.1, 0.15) is 6.54 Å². The monoisotopic (exact) mass is 356 g/mol. The van der Waals surface area contributed by atoms with E-state index in [0.29, 0.717) is 13.1 Å². The number of benzene rings is 1. The Balaban J connectivity index is 1.68. The first kappa shape index (κ1) is 18.1. The molecule has 1 aromatic carbocycles. The second kappa shape index (κ2) is 8.14. The summed E-state index contributed by atoms with van der Waals surface area (Å²) in [6.45, 7) is 0.876. The largest absolute Gasteiger partial charge is 0.480 e. The summed E-state index contributed by atoms with van der Waals surface area (Å²) < 4.78 is 1.81. The number of likely N-dealkylation sites (tertiary alicyclic amines) is 1. The van der Waals surface area contributed by atoms with Crippen LogP contribution in [0.5, 0.6) is 0 Å². The van der Waals surface area contributed by atoms with Gasteiger partial charge in [0.25, 0.3) is 0 Å². The first-order valence-electron chi connectivity index (χ1n) is 8.84. The maximum Gasteiger partial charge on any atom is 0.323 e. The van der Waals surface area contributed by atoms with Gasteiger partial charge in [-0.15, -0.1) is 0 Å². The summed E-state index contributed by atoms with van der Waals surface area (Å²) in [5, 5.41) is 13.4. The van der Waals surface area contributed by atoms with Crippen LogP contribution in [0.25, 0.3) is 5.69 Å². The number of hydrogen-bond acceptors (Lipinski definition) is 4. The molecular weight excluding hydrogens is 332 g/mol. The minimum atomic E-state index is -0.967. The number of rotatable bonds is 6. The van der Waals surface area contributed by atoms with Gasteiger partial charge in [-0.2, -0.15) is 5.10 Å². The molecular formula is C19H24N4O3. The number of amides is 1. The zero-order chi connectivity index (χ0) is 18.5. The fourth-order valence-corrected chi connectivity index (χ4v) is 3.38. The molecule has 2 aromatic rings. The van der Waals surface area contributed by atoms with E-state index in [2.05, 4.69) is 5.10 Å². The molecule has 7 nitrogen and oxygen atoms in total. The van der Waals surface area contributed by atoms with Crippen molar-refractivity contribution in [3.05, 3.63) is 48.3 Å². The Bertz CT molecular complexity index is 759. The number of carbonyl (C=O) groups is 2. The summed E-state index contributed by atoms with van der Waals surface area (Å²) in [5.41, 5.74) is 2.00. The topological polar surface area (TPSA) is 78.7 Å². The lowest BCUT2D eigenvalue weighted by Crippen LogP contribution is -2.47. The molecule has 0 spiro atoms. The maximum atomic E-state index is 12.7. The number of nitrogens with zero attached hydrogens (tertiary/aromatic N) is 4.